The minimum atomic E-state index is -0.785. The van der Waals surface area contributed by atoms with E-state index in [-0.39, 0.29) is 17.2 Å². The maximum absolute atomic E-state index is 12.0. The Balaban J connectivity index is 1.97. The van der Waals surface area contributed by atoms with Crippen LogP contribution in [-0.2, 0) is 9.53 Å². The van der Waals surface area contributed by atoms with Crippen LogP contribution in [0.3, 0.4) is 0 Å². The van der Waals surface area contributed by atoms with Crippen molar-refractivity contribution in [3.8, 4) is 11.5 Å². The topological polar surface area (TPSA) is 84.9 Å². The van der Waals surface area contributed by atoms with Gasteiger partial charge in [0.15, 0.2) is 6.61 Å². The number of esters is 1. The molecule has 0 saturated heterocycles. The lowest BCUT2D eigenvalue weighted by Crippen LogP contribution is -2.21. The molecule has 2 aromatic rings. The van der Waals surface area contributed by atoms with E-state index in [0.717, 1.165) is 5.56 Å². The van der Waals surface area contributed by atoms with Gasteiger partial charge in [-0.3, -0.25) is 4.79 Å². The van der Waals surface area contributed by atoms with Crippen molar-refractivity contribution < 1.29 is 24.2 Å². The molecule has 0 bridgehead atoms. The van der Waals surface area contributed by atoms with Gasteiger partial charge in [0.25, 0.3) is 5.91 Å². The van der Waals surface area contributed by atoms with Gasteiger partial charge in [-0.25, -0.2) is 4.79 Å². The van der Waals surface area contributed by atoms with Crippen molar-refractivity contribution >= 4 is 17.6 Å². The molecule has 0 atom stereocenters. The largest absolute Gasteiger partial charge is 0.507 e. The quantitative estimate of drug-likeness (QED) is 0.786. The number of phenolic OH excluding ortho intramolecular Hbond substituents is 1. The lowest BCUT2D eigenvalue weighted by Gasteiger charge is -2.13. The first-order valence-corrected chi connectivity index (χ1v) is 7.85. The molecule has 25 heavy (non-hydrogen) atoms. The Labute approximate surface area is 146 Å². The maximum atomic E-state index is 12.0. The normalized spacial score (nSPS) is 10.4. The molecule has 0 heterocycles. The summed E-state index contributed by atoms with van der Waals surface area (Å²) in [6.07, 6.45) is 0. The number of ether oxygens (including phenoxy) is 2. The Hall–Kier alpha value is -3.02. The number of hydrogen-bond donors (Lipinski definition) is 2. The molecule has 6 heteroatoms. The Kier molecular flexibility index (Phi) is 6.00. The number of methoxy groups -OCH3 is 1. The summed E-state index contributed by atoms with van der Waals surface area (Å²) >= 11 is 0. The van der Waals surface area contributed by atoms with Gasteiger partial charge >= 0.3 is 5.97 Å². The van der Waals surface area contributed by atoms with E-state index in [1.165, 1.54) is 25.3 Å². The second-order valence-corrected chi connectivity index (χ2v) is 5.75. The molecule has 1 amide bonds. The molecule has 0 aliphatic carbocycles. The number of phenols is 1. The van der Waals surface area contributed by atoms with E-state index in [9.17, 15) is 14.7 Å². The SMILES string of the molecule is COc1ccc(C(=O)OCC(=O)Nc2ccccc2C(C)C)c(O)c1. The van der Waals surface area contributed by atoms with Gasteiger partial charge < -0.3 is 19.9 Å². The summed E-state index contributed by atoms with van der Waals surface area (Å²) in [7, 11) is 1.45. The van der Waals surface area contributed by atoms with E-state index in [1.807, 2.05) is 32.0 Å². The number of anilines is 1. The number of carbonyl (C=O) groups excluding carboxylic acids is 2. The van der Waals surface area contributed by atoms with E-state index in [0.29, 0.717) is 11.4 Å². The van der Waals surface area contributed by atoms with E-state index in [2.05, 4.69) is 5.32 Å². The first-order valence-electron chi connectivity index (χ1n) is 7.85. The van der Waals surface area contributed by atoms with Crippen LogP contribution in [0.5, 0.6) is 11.5 Å². The molecule has 6 nitrogen and oxygen atoms in total. The first-order chi connectivity index (χ1) is 11.9. The van der Waals surface area contributed by atoms with Crippen LogP contribution in [0.1, 0.15) is 35.7 Å². The van der Waals surface area contributed by atoms with E-state index in [4.69, 9.17) is 9.47 Å². The second-order valence-electron chi connectivity index (χ2n) is 5.75. The van der Waals surface area contributed by atoms with Crippen LogP contribution in [0, 0.1) is 0 Å². The predicted octanol–water partition coefficient (Wildman–Crippen LogP) is 3.32. The number of benzene rings is 2. The zero-order valence-corrected chi connectivity index (χ0v) is 14.4. The third-order valence-electron chi connectivity index (χ3n) is 3.62. The summed E-state index contributed by atoms with van der Waals surface area (Å²) in [5.74, 6) is -0.843. The highest BCUT2D eigenvalue weighted by atomic mass is 16.5. The zero-order valence-electron chi connectivity index (χ0n) is 14.4. The zero-order chi connectivity index (χ0) is 18.4. The molecule has 0 aliphatic rings. The number of hydrogen-bond acceptors (Lipinski definition) is 5. The first kappa shape index (κ1) is 18.3. The molecule has 0 radical (unpaired) electrons. The van der Waals surface area contributed by atoms with Crippen LogP contribution in [0.2, 0.25) is 0 Å². The number of para-hydroxylation sites is 1. The van der Waals surface area contributed by atoms with Gasteiger partial charge in [-0.15, -0.1) is 0 Å². The molecule has 0 fully saturated rings. The molecular weight excluding hydrogens is 322 g/mol. The van der Waals surface area contributed by atoms with Crippen molar-refractivity contribution in [2.75, 3.05) is 19.0 Å². The highest BCUT2D eigenvalue weighted by molar-refractivity contribution is 5.97. The van der Waals surface area contributed by atoms with Crippen molar-refractivity contribution in [3.05, 3.63) is 53.6 Å². The Bertz CT molecular complexity index is 770. The molecule has 0 unspecified atom stereocenters. The molecule has 132 valence electrons. The van der Waals surface area contributed by atoms with Gasteiger partial charge in [-0.2, -0.15) is 0 Å². The van der Waals surface area contributed by atoms with Gasteiger partial charge in [0.2, 0.25) is 0 Å². The van der Waals surface area contributed by atoms with Crippen LogP contribution in [0.25, 0.3) is 0 Å². The van der Waals surface area contributed by atoms with Gasteiger partial charge in [-0.1, -0.05) is 32.0 Å². The Morgan fingerprint density at radius 2 is 1.88 bits per heavy atom. The molecule has 0 aromatic heterocycles. The summed E-state index contributed by atoms with van der Waals surface area (Å²) in [5, 5.41) is 12.5. The van der Waals surface area contributed by atoms with Crippen LogP contribution in [0.15, 0.2) is 42.5 Å². The molecule has 2 N–H and O–H groups in total. The molecule has 2 aromatic carbocycles. The summed E-state index contributed by atoms with van der Waals surface area (Å²) in [5.41, 5.74) is 1.65. The lowest BCUT2D eigenvalue weighted by molar-refractivity contribution is -0.119. The van der Waals surface area contributed by atoms with Crippen molar-refractivity contribution in [1.29, 1.82) is 0 Å². The van der Waals surface area contributed by atoms with E-state index >= 15 is 0 Å². The number of rotatable bonds is 6. The fourth-order valence-electron chi connectivity index (χ4n) is 2.32. The highest BCUT2D eigenvalue weighted by Crippen LogP contribution is 2.25. The molecule has 2 rings (SSSR count). The second kappa shape index (κ2) is 8.19. The van der Waals surface area contributed by atoms with Crippen molar-refractivity contribution in [2.45, 2.75) is 19.8 Å². The number of aromatic hydroxyl groups is 1. The van der Waals surface area contributed by atoms with Crippen LogP contribution < -0.4 is 10.1 Å². The minimum absolute atomic E-state index is 0.0313. The molecule has 0 spiro atoms. The van der Waals surface area contributed by atoms with E-state index in [1.54, 1.807) is 6.07 Å². The van der Waals surface area contributed by atoms with Gasteiger partial charge in [0.1, 0.15) is 17.1 Å². The van der Waals surface area contributed by atoms with Gasteiger partial charge in [-0.05, 0) is 29.7 Å². The standard InChI is InChI=1S/C19H21NO5/c1-12(2)14-6-4-5-7-16(14)20-18(22)11-25-19(23)15-9-8-13(24-3)10-17(15)21/h4-10,12,21H,11H2,1-3H3,(H,20,22). The van der Waals surface area contributed by atoms with Crippen LogP contribution in [-0.4, -0.2) is 30.7 Å². The van der Waals surface area contributed by atoms with Gasteiger partial charge in [0.05, 0.1) is 7.11 Å². The summed E-state index contributed by atoms with van der Waals surface area (Å²) in [4.78, 5) is 24.0. The summed E-state index contributed by atoms with van der Waals surface area (Å²) in [6.45, 7) is 3.60. The fraction of sp³-hybridized carbons (Fsp3) is 0.263. The average molecular weight is 343 g/mol. The highest BCUT2D eigenvalue weighted by Gasteiger charge is 2.16. The van der Waals surface area contributed by atoms with Crippen LogP contribution in [0.4, 0.5) is 5.69 Å². The van der Waals surface area contributed by atoms with E-state index < -0.39 is 18.5 Å². The predicted molar refractivity (Wildman–Crippen MR) is 94.1 cm³/mol. The van der Waals surface area contributed by atoms with Crippen molar-refractivity contribution in [1.82, 2.24) is 0 Å². The summed E-state index contributed by atoms with van der Waals surface area (Å²) < 4.78 is 9.91. The number of amides is 1. The van der Waals surface area contributed by atoms with Crippen molar-refractivity contribution in [3.63, 3.8) is 0 Å². The Morgan fingerprint density at radius 3 is 2.52 bits per heavy atom. The third-order valence-corrected chi connectivity index (χ3v) is 3.62. The maximum Gasteiger partial charge on any atom is 0.342 e. The Morgan fingerprint density at radius 1 is 1.16 bits per heavy atom. The molecule has 0 aliphatic heterocycles. The van der Waals surface area contributed by atoms with Gasteiger partial charge in [0, 0.05) is 11.8 Å². The molecule has 0 saturated carbocycles. The minimum Gasteiger partial charge on any atom is -0.507 e. The monoisotopic (exact) mass is 343 g/mol. The number of carbonyl (C=O) groups is 2. The summed E-state index contributed by atoms with van der Waals surface area (Å²) in [6, 6.07) is 11.7. The smallest absolute Gasteiger partial charge is 0.342 e. The fourth-order valence-corrected chi connectivity index (χ4v) is 2.32. The number of nitrogens with one attached hydrogen (secondary N) is 1. The average Bonchev–Trinajstić information content (AvgIpc) is 2.59. The third kappa shape index (κ3) is 4.73. The van der Waals surface area contributed by atoms with Crippen molar-refractivity contribution in [2.24, 2.45) is 0 Å². The molecular formula is C19H21NO5. The van der Waals surface area contributed by atoms with Crippen LogP contribution >= 0.6 is 0 Å². The lowest BCUT2D eigenvalue weighted by atomic mass is 10.0.